The number of rotatable bonds is 1. The van der Waals surface area contributed by atoms with Crippen molar-refractivity contribution in [1.29, 1.82) is 5.26 Å². The molecule has 16 heavy (non-hydrogen) atoms. The molecule has 5 heteroatoms. The third-order valence-corrected chi connectivity index (χ3v) is 3.46. The fourth-order valence-electron chi connectivity index (χ4n) is 1.83. The summed E-state index contributed by atoms with van der Waals surface area (Å²) in [5.74, 6) is -0.437. The van der Waals surface area contributed by atoms with Crippen molar-refractivity contribution in [3.05, 3.63) is 28.0 Å². The van der Waals surface area contributed by atoms with Gasteiger partial charge in [0.25, 0.3) is 0 Å². The molecule has 2 rings (SSSR count). The standard InChI is InChI=1S/C11H10BrFN2O/c12-10-7(5-14)1-2-9(11(10)13)15-4-3-8(16)6-15/h1-2,8,16H,3-4,6H2. The molecule has 0 aliphatic carbocycles. The van der Waals surface area contributed by atoms with Crippen molar-refractivity contribution in [2.24, 2.45) is 0 Å². The van der Waals surface area contributed by atoms with Crippen LogP contribution in [0.25, 0.3) is 0 Å². The maximum absolute atomic E-state index is 13.9. The lowest BCUT2D eigenvalue weighted by Gasteiger charge is -2.19. The molecule has 1 atom stereocenters. The average Bonchev–Trinajstić information content (AvgIpc) is 2.69. The van der Waals surface area contributed by atoms with E-state index in [0.717, 1.165) is 0 Å². The Labute approximate surface area is 101 Å². The van der Waals surface area contributed by atoms with Gasteiger partial charge in [0.05, 0.1) is 21.8 Å². The van der Waals surface area contributed by atoms with Crippen LogP contribution in [0.2, 0.25) is 0 Å². The van der Waals surface area contributed by atoms with E-state index in [0.29, 0.717) is 25.2 Å². The molecular formula is C11H10BrFN2O. The van der Waals surface area contributed by atoms with Crippen LogP contribution in [0.5, 0.6) is 0 Å². The highest BCUT2D eigenvalue weighted by Gasteiger charge is 2.24. The summed E-state index contributed by atoms with van der Waals surface area (Å²) in [5.41, 5.74) is 0.712. The van der Waals surface area contributed by atoms with Crippen LogP contribution in [0.1, 0.15) is 12.0 Å². The fraction of sp³-hybridized carbons (Fsp3) is 0.364. The van der Waals surface area contributed by atoms with Gasteiger partial charge in [-0.3, -0.25) is 0 Å². The first kappa shape index (κ1) is 11.4. The molecule has 0 saturated carbocycles. The lowest BCUT2D eigenvalue weighted by molar-refractivity contribution is 0.198. The monoisotopic (exact) mass is 284 g/mol. The van der Waals surface area contributed by atoms with Gasteiger partial charge in [-0.25, -0.2) is 4.39 Å². The first-order valence-corrected chi connectivity index (χ1v) is 5.74. The number of anilines is 1. The maximum Gasteiger partial charge on any atom is 0.161 e. The Morgan fingerprint density at radius 1 is 1.56 bits per heavy atom. The Balaban J connectivity index is 2.37. The molecule has 1 aliphatic heterocycles. The number of β-amino-alcohol motifs (C(OH)–C–C–N with tert-alkyl or cyclic N) is 1. The molecule has 1 saturated heterocycles. The number of hydrogen-bond donors (Lipinski definition) is 1. The quantitative estimate of drug-likeness (QED) is 0.858. The van der Waals surface area contributed by atoms with Crippen molar-refractivity contribution < 1.29 is 9.50 Å². The van der Waals surface area contributed by atoms with Crippen molar-refractivity contribution >= 4 is 21.6 Å². The van der Waals surface area contributed by atoms with E-state index in [2.05, 4.69) is 15.9 Å². The van der Waals surface area contributed by atoms with E-state index in [4.69, 9.17) is 5.26 Å². The summed E-state index contributed by atoms with van der Waals surface area (Å²) in [5, 5.41) is 18.1. The molecule has 0 radical (unpaired) electrons. The predicted molar refractivity (Wildman–Crippen MR) is 61.7 cm³/mol. The van der Waals surface area contributed by atoms with E-state index in [1.165, 1.54) is 0 Å². The Hall–Kier alpha value is -1.12. The van der Waals surface area contributed by atoms with Gasteiger partial charge in [0, 0.05) is 13.1 Å². The van der Waals surface area contributed by atoms with Gasteiger partial charge in [0.1, 0.15) is 6.07 Å². The number of aliphatic hydroxyl groups is 1. The van der Waals surface area contributed by atoms with E-state index in [1.807, 2.05) is 6.07 Å². The molecule has 1 unspecified atom stereocenters. The second kappa shape index (κ2) is 4.40. The van der Waals surface area contributed by atoms with Crippen molar-refractivity contribution in [3.8, 4) is 6.07 Å². The zero-order chi connectivity index (χ0) is 11.7. The van der Waals surface area contributed by atoms with Gasteiger partial charge < -0.3 is 10.0 Å². The van der Waals surface area contributed by atoms with E-state index >= 15 is 0 Å². The molecule has 0 amide bonds. The Kier molecular flexibility index (Phi) is 3.13. The Bertz CT molecular complexity index is 458. The first-order valence-electron chi connectivity index (χ1n) is 4.94. The minimum absolute atomic E-state index is 0.189. The van der Waals surface area contributed by atoms with Crippen LogP contribution in [-0.4, -0.2) is 24.3 Å². The fourth-order valence-corrected chi connectivity index (χ4v) is 2.25. The molecule has 1 N–H and O–H groups in total. The molecule has 84 valence electrons. The SMILES string of the molecule is N#Cc1ccc(N2CCC(O)C2)c(F)c1Br. The number of hydrogen-bond acceptors (Lipinski definition) is 3. The molecule has 0 spiro atoms. The lowest BCUT2D eigenvalue weighted by Crippen LogP contribution is -2.22. The number of nitriles is 1. The highest BCUT2D eigenvalue weighted by molar-refractivity contribution is 9.10. The van der Waals surface area contributed by atoms with E-state index in [9.17, 15) is 9.50 Å². The number of halogens is 2. The summed E-state index contributed by atoms with van der Waals surface area (Å²) < 4.78 is 14.1. The number of nitrogens with zero attached hydrogens (tertiary/aromatic N) is 2. The molecule has 1 heterocycles. The van der Waals surface area contributed by atoms with E-state index < -0.39 is 11.9 Å². The zero-order valence-corrected chi connectivity index (χ0v) is 10.0. The van der Waals surface area contributed by atoms with Crippen LogP contribution < -0.4 is 4.90 Å². The summed E-state index contributed by atoms with van der Waals surface area (Å²) in [7, 11) is 0. The van der Waals surface area contributed by atoms with Gasteiger partial charge in [-0.15, -0.1) is 0 Å². The van der Waals surface area contributed by atoms with E-state index in [1.54, 1.807) is 17.0 Å². The molecule has 1 aliphatic rings. The summed E-state index contributed by atoms with van der Waals surface area (Å²) >= 11 is 3.07. The van der Waals surface area contributed by atoms with Crippen LogP contribution in [0.4, 0.5) is 10.1 Å². The Morgan fingerprint density at radius 2 is 2.31 bits per heavy atom. The van der Waals surface area contributed by atoms with Crippen molar-refractivity contribution in [2.75, 3.05) is 18.0 Å². The largest absolute Gasteiger partial charge is 0.391 e. The average molecular weight is 285 g/mol. The second-order valence-corrected chi connectivity index (χ2v) is 4.55. The molecular weight excluding hydrogens is 275 g/mol. The van der Waals surface area contributed by atoms with Gasteiger partial charge in [0.15, 0.2) is 5.82 Å². The van der Waals surface area contributed by atoms with Crippen LogP contribution in [0.3, 0.4) is 0 Å². The molecule has 1 fully saturated rings. The molecule has 3 nitrogen and oxygen atoms in total. The summed E-state index contributed by atoms with van der Waals surface area (Å²) in [4.78, 5) is 1.78. The summed E-state index contributed by atoms with van der Waals surface area (Å²) in [6.07, 6.45) is 0.255. The summed E-state index contributed by atoms with van der Waals surface area (Å²) in [6.45, 7) is 1.08. The van der Waals surface area contributed by atoms with Crippen LogP contribution in [-0.2, 0) is 0 Å². The topological polar surface area (TPSA) is 47.3 Å². The van der Waals surface area contributed by atoms with Crippen LogP contribution >= 0.6 is 15.9 Å². The van der Waals surface area contributed by atoms with Crippen molar-refractivity contribution in [3.63, 3.8) is 0 Å². The minimum Gasteiger partial charge on any atom is -0.391 e. The first-order chi connectivity index (χ1) is 7.63. The third-order valence-electron chi connectivity index (χ3n) is 2.69. The van der Waals surface area contributed by atoms with Gasteiger partial charge in [-0.1, -0.05) is 0 Å². The number of aliphatic hydroxyl groups excluding tert-OH is 1. The van der Waals surface area contributed by atoms with Gasteiger partial charge in [-0.2, -0.15) is 5.26 Å². The second-order valence-electron chi connectivity index (χ2n) is 3.76. The van der Waals surface area contributed by atoms with Gasteiger partial charge >= 0.3 is 0 Å². The zero-order valence-electron chi connectivity index (χ0n) is 8.45. The normalized spacial score (nSPS) is 19.9. The predicted octanol–water partition coefficient (Wildman–Crippen LogP) is 2.03. The van der Waals surface area contributed by atoms with Crippen molar-refractivity contribution in [1.82, 2.24) is 0 Å². The minimum atomic E-state index is -0.437. The van der Waals surface area contributed by atoms with Gasteiger partial charge in [0.2, 0.25) is 0 Å². The highest BCUT2D eigenvalue weighted by atomic mass is 79.9. The van der Waals surface area contributed by atoms with E-state index in [-0.39, 0.29) is 10.0 Å². The smallest absolute Gasteiger partial charge is 0.161 e. The molecule has 1 aromatic rings. The van der Waals surface area contributed by atoms with Crippen LogP contribution in [0, 0.1) is 17.1 Å². The van der Waals surface area contributed by atoms with Crippen LogP contribution in [0.15, 0.2) is 16.6 Å². The maximum atomic E-state index is 13.9. The molecule has 0 aromatic heterocycles. The molecule has 0 bridgehead atoms. The van der Waals surface area contributed by atoms with Crippen molar-refractivity contribution in [2.45, 2.75) is 12.5 Å². The lowest BCUT2D eigenvalue weighted by atomic mass is 10.2. The molecule has 1 aromatic carbocycles. The number of benzene rings is 1. The van der Waals surface area contributed by atoms with Gasteiger partial charge in [-0.05, 0) is 34.5 Å². The Morgan fingerprint density at radius 3 is 2.88 bits per heavy atom. The third kappa shape index (κ3) is 1.91. The summed E-state index contributed by atoms with van der Waals surface area (Å²) in [6, 6.07) is 5.06. The highest BCUT2D eigenvalue weighted by Crippen LogP contribution is 2.30.